The molecule has 0 aliphatic carbocycles. The van der Waals surface area contributed by atoms with Crippen LogP contribution >= 0.6 is 0 Å². The van der Waals surface area contributed by atoms with Gasteiger partial charge in [-0.3, -0.25) is 0 Å². The van der Waals surface area contributed by atoms with Crippen LogP contribution in [0, 0.1) is 0 Å². The highest BCUT2D eigenvalue weighted by Crippen LogP contribution is 2.14. The van der Waals surface area contributed by atoms with Gasteiger partial charge in [-0.15, -0.1) is 0 Å². The van der Waals surface area contributed by atoms with E-state index in [2.05, 4.69) is 20.8 Å². The van der Waals surface area contributed by atoms with Crippen LogP contribution in [0.1, 0.15) is 65.7 Å². The molecule has 158 valence electrons. The third kappa shape index (κ3) is 14.9. The molecule has 0 atom stereocenters. The Balaban J connectivity index is 4.46. The van der Waals surface area contributed by atoms with Gasteiger partial charge in [0.15, 0.2) is 0 Å². The van der Waals surface area contributed by atoms with Crippen LogP contribution in [0.5, 0.6) is 0 Å². The summed E-state index contributed by atoms with van der Waals surface area (Å²) in [5.74, 6) is -0.266. The van der Waals surface area contributed by atoms with Crippen LogP contribution in [0.15, 0.2) is 0 Å². The zero-order valence-corrected chi connectivity index (χ0v) is 18.0. The lowest BCUT2D eigenvalue weighted by Crippen LogP contribution is -2.52. The second-order valence-electron chi connectivity index (χ2n) is 7.14. The van der Waals surface area contributed by atoms with Crippen LogP contribution < -0.4 is 0 Å². The van der Waals surface area contributed by atoms with Gasteiger partial charge < -0.3 is 18.5 Å². The Hall–Kier alpha value is -0.210. The molecule has 0 saturated carbocycles. The fourth-order valence-electron chi connectivity index (χ4n) is 3.06. The van der Waals surface area contributed by atoms with Crippen molar-refractivity contribution >= 4 is 10.1 Å². The molecule has 0 amide bonds. The average Bonchev–Trinajstić information content (AvgIpc) is 2.59. The van der Waals surface area contributed by atoms with Gasteiger partial charge in [0.25, 0.3) is 0 Å². The van der Waals surface area contributed by atoms with Gasteiger partial charge in [-0.2, -0.15) is 0 Å². The number of unbranched alkanes of at least 4 members (excludes halogenated alkanes) is 3. The van der Waals surface area contributed by atoms with Crippen molar-refractivity contribution in [3.8, 4) is 0 Å². The molecule has 0 aromatic carbocycles. The molecule has 7 heteroatoms. The zero-order valence-electron chi connectivity index (χ0n) is 17.2. The van der Waals surface area contributed by atoms with E-state index in [9.17, 15) is 13.0 Å². The Morgan fingerprint density at radius 3 is 1.69 bits per heavy atom. The molecular formula is C19H41NO5S. The minimum absolute atomic E-state index is 0.266. The predicted molar refractivity (Wildman–Crippen MR) is 105 cm³/mol. The fraction of sp³-hybridized carbons (Fsp3) is 1.00. The zero-order chi connectivity index (χ0) is 19.7. The first-order chi connectivity index (χ1) is 12.4. The van der Waals surface area contributed by atoms with Gasteiger partial charge >= 0.3 is 0 Å². The summed E-state index contributed by atoms with van der Waals surface area (Å²) in [6.07, 6.45) is 7.07. The normalized spacial score (nSPS) is 12.6. The van der Waals surface area contributed by atoms with Crippen molar-refractivity contribution in [2.24, 2.45) is 0 Å². The Morgan fingerprint density at radius 1 is 0.692 bits per heavy atom. The molecule has 0 spiro atoms. The van der Waals surface area contributed by atoms with Crippen LogP contribution in [-0.4, -0.2) is 75.8 Å². The standard InChI is InChI=1S/C19H41NO5S/c1-4-7-11-20(12-8-5-2,13-10-19-26(21,22)23)14-16-25-18-17-24-15-9-6-3/h4-19H2,1-3H3. The summed E-state index contributed by atoms with van der Waals surface area (Å²) in [5.41, 5.74) is 0. The number of quaternary nitrogens is 1. The first-order valence-corrected chi connectivity index (χ1v) is 11.9. The predicted octanol–water partition coefficient (Wildman–Crippen LogP) is 3.17. The lowest BCUT2D eigenvalue weighted by atomic mass is 10.2. The van der Waals surface area contributed by atoms with E-state index in [1.54, 1.807) is 0 Å². The first kappa shape index (κ1) is 25.8. The Labute approximate surface area is 161 Å². The molecular weight excluding hydrogens is 354 g/mol. The van der Waals surface area contributed by atoms with Gasteiger partial charge in [0.1, 0.15) is 6.54 Å². The van der Waals surface area contributed by atoms with Crippen molar-refractivity contribution in [3.05, 3.63) is 0 Å². The van der Waals surface area contributed by atoms with Gasteiger partial charge in [0, 0.05) is 18.8 Å². The molecule has 0 radical (unpaired) electrons. The quantitative estimate of drug-likeness (QED) is 0.191. The van der Waals surface area contributed by atoms with Gasteiger partial charge in [0.2, 0.25) is 0 Å². The molecule has 0 unspecified atom stereocenters. The van der Waals surface area contributed by atoms with Gasteiger partial charge in [0.05, 0.1) is 49.6 Å². The van der Waals surface area contributed by atoms with Crippen LogP contribution in [-0.2, 0) is 19.6 Å². The van der Waals surface area contributed by atoms with Crippen molar-refractivity contribution in [2.45, 2.75) is 65.7 Å². The lowest BCUT2D eigenvalue weighted by Gasteiger charge is -2.39. The lowest BCUT2D eigenvalue weighted by molar-refractivity contribution is -0.929. The monoisotopic (exact) mass is 395 g/mol. The van der Waals surface area contributed by atoms with E-state index in [0.29, 0.717) is 26.2 Å². The molecule has 0 aliphatic heterocycles. The van der Waals surface area contributed by atoms with E-state index >= 15 is 0 Å². The maximum Gasteiger partial charge on any atom is 0.102 e. The first-order valence-electron chi connectivity index (χ1n) is 10.3. The fourth-order valence-corrected chi connectivity index (χ4v) is 3.54. The number of nitrogens with zero attached hydrogens (tertiary/aromatic N) is 1. The highest BCUT2D eigenvalue weighted by atomic mass is 32.2. The van der Waals surface area contributed by atoms with E-state index < -0.39 is 10.1 Å². The molecule has 0 saturated heterocycles. The molecule has 0 aromatic rings. The molecule has 0 aliphatic rings. The number of hydrogen-bond donors (Lipinski definition) is 0. The smallest absolute Gasteiger partial charge is 0.102 e. The molecule has 6 nitrogen and oxygen atoms in total. The maximum atomic E-state index is 11.0. The maximum absolute atomic E-state index is 11.0. The van der Waals surface area contributed by atoms with Crippen molar-refractivity contribution in [3.63, 3.8) is 0 Å². The second kappa shape index (κ2) is 15.8. The van der Waals surface area contributed by atoms with Crippen molar-refractivity contribution < 1.29 is 26.9 Å². The van der Waals surface area contributed by atoms with E-state index in [4.69, 9.17) is 9.47 Å². The van der Waals surface area contributed by atoms with Gasteiger partial charge in [-0.25, -0.2) is 8.42 Å². The summed E-state index contributed by atoms with van der Waals surface area (Å²) in [6.45, 7) is 12.8. The third-order valence-corrected chi connectivity index (χ3v) is 5.51. The molecule has 0 aromatic heterocycles. The van der Waals surface area contributed by atoms with Crippen LogP contribution in [0.25, 0.3) is 0 Å². The molecule has 0 N–H and O–H groups in total. The van der Waals surface area contributed by atoms with Crippen molar-refractivity contribution in [1.29, 1.82) is 0 Å². The summed E-state index contributed by atoms with van der Waals surface area (Å²) in [4.78, 5) is 0. The van der Waals surface area contributed by atoms with Gasteiger partial charge in [-0.1, -0.05) is 40.0 Å². The van der Waals surface area contributed by atoms with Crippen molar-refractivity contribution in [2.75, 3.05) is 58.4 Å². The third-order valence-electron chi connectivity index (χ3n) is 4.72. The largest absolute Gasteiger partial charge is 0.748 e. The second-order valence-corrected chi connectivity index (χ2v) is 8.66. The van der Waals surface area contributed by atoms with E-state index in [0.717, 1.165) is 75.8 Å². The van der Waals surface area contributed by atoms with Crippen molar-refractivity contribution in [1.82, 2.24) is 0 Å². The highest BCUT2D eigenvalue weighted by Gasteiger charge is 2.26. The molecule has 0 fully saturated rings. The minimum Gasteiger partial charge on any atom is -0.748 e. The summed E-state index contributed by atoms with van der Waals surface area (Å²) >= 11 is 0. The average molecular weight is 396 g/mol. The summed E-state index contributed by atoms with van der Waals surface area (Å²) in [7, 11) is -4.14. The summed E-state index contributed by atoms with van der Waals surface area (Å²) < 4.78 is 45.0. The number of hydrogen-bond acceptors (Lipinski definition) is 5. The van der Waals surface area contributed by atoms with Crippen LogP contribution in [0.2, 0.25) is 0 Å². The summed E-state index contributed by atoms with van der Waals surface area (Å²) in [5, 5.41) is 0. The Morgan fingerprint density at radius 2 is 1.19 bits per heavy atom. The van der Waals surface area contributed by atoms with Crippen LogP contribution in [0.4, 0.5) is 0 Å². The number of ether oxygens (including phenoxy) is 2. The summed E-state index contributed by atoms with van der Waals surface area (Å²) in [6, 6.07) is 0. The molecule has 0 rings (SSSR count). The minimum atomic E-state index is -4.14. The number of rotatable bonds is 19. The Kier molecular flexibility index (Phi) is 15.7. The van der Waals surface area contributed by atoms with E-state index in [1.807, 2.05) is 0 Å². The topological polar surface area (TPSA) is 75.7 Å². The van der Waals surface area contributed by atoms with Crippen LogP contribution in [0.3, 0.4) is 0 Å². The van der Waals surface area contributed by atoms with E-state index in [1.165, 1.54) is 0 Å². The molecule has 0 heterocycles. The van der Waals surface area contributed by atoms with Gasteiger partial charge in [-0.05, 0) is 19.3 Å². The SMILES string of the molecule is CCCCOCCOCC[N+](CCCC)(CCCC)CCCS(=O)(=O)[O-]. The highest BCUT2D eigenvalue weighted by molar-refractivity contribution is 7.85. The molecule has 26 heavy (non-hydrogen) atoms. The molecule has 0 bridgehead atoms. The Bertz CT molecular complexity index is 406. The van der Waals surface area contributed by atoms with E-state index in [-0.39, 0.29) is 5.75 Å².